The van der Waals surface area contributed by atoms with Gasteiger partial charge in [0.15, 0.2) is 0 Å². The van der Waals surface area contributed by atoms with Crippen molar-refractivity contribution in [3.8, 4) is 0 Å². The Hall–Kier alpha value is -1.39. The van der Waals surface area contributed by atoms with Crippen molar-refractivity contribution >= 4 is 20.9 Å². The van der Waals surface area contributed by atoms with Crippen LogP contribution in [0.1, 0.15) is 57.4 Å². The summed E-state index contributed by atoms with van der Waals surface area (Å²) in [4.78, 5) is 0.0848. The molecule has 1 N–H and O–H groups in total. The third kappa shape index (κ3) is 5.05. The van der Waals surface area contributed by atoms with Gasteiger partial charge in [-0.3, -0.25) is 4.55 Å². The van der Waals surface area contributed by atoms with E-state index in [-0.39, 0.29) is 4.90 Å². The van der Waals surface area contributed by atoms with Crippen molar-refractivity contribution < 1.29 is 13.0 Å². The molecule has 3 nitrogen and oxygen atoms in total. The molecule has 23 heavy (non-hydrogen) atoms. The molecule has 0 atom stereocenters. The van der Waals surface area contributed by atoms with E-state index in [0.29, 0.717) is 11.8 Å². The summed E-state index contributed by atoms with van der Waals surface area (Å²) in [5, 5.41) is 1.44. The fourth-order valence-electron chi connectivity index (χ4n) is 3.06. The first kappa shape index (κ1) is 18.0. The molecule has 126 valence electrons. The fourth-order valence-corrected chi connectivity index (χ4v) is 4.03. The van der Waals surface area contributed by atoms with Gasteiger partial charge >= 0.3 is 0 Å². The van der Waals surface area contributed by atoms with E-state index >= 15 is 0 Å². The smallest absolute Gasteiger partial charge is 0.282 e. The quantitative estimate of drug-likeness (QED) is 0.495. The van der Waals surface area contributed by atoms with Crippen molar-refractivity contribution in [3.05, 3.63) is 42.0 Å². The zero-order valence-corrected chi connectivity index (χ0v) is 14.6. The van der Waals surface area contributed by atoms with Gasteiger partial charge < -0.3 is 0 Å². The summed E-state index contributed by atoms with van der Waals surface area (Å²) in [6.07, 6.45) is 8.99. The third-order valence-corrected chi connectivity index (χ3v) is 5.27. The Balaban J connectivity index is 2.08. The minimum atomic E-state index is -4.21. The van der Waals surface area contributed by atoms with E-state index in [1.165, 1.54) is 32.1 Å². The molecule has 0 unspecified atom stereocenters. The average molecular weight is 334 g/mol. The van der Waals surface area contributed by atoms with Crippen molar-refractivity contribution in [3.63, 3.8) is 0 Å². The normalized spacial score (nSPS) is 11.9. The van der Waals surface area contributed by atoms with Crippen LogP contribution >= 0.6 is 0 Å². The maximum absolute atomic E-state index is 11.8. The second kappa shape index (κ2) is 8.46. The first-order valence-corrected chi connectivity index (χ1v) is 9.96. The summed E-state index contributed by atoms with van der Waals surface area (Å²) in [6.45, 7) is 2.20. The summed E-state index contributed by atoms with van der Waals surface area (Å²) >= 11 is 0. The number of benzene rings is 2. The number of fused-ring (bicyclic) bond motifs is 1. The van der Waals surface area contributed by atoms with Gasteiger partial charge in [-0.2, -0.15) is 8.42 Å². The highest BCUT2D eigenvalue weighted by Crippen LogP contribution is 2.28. The number of aryl methyl sites for hydroxylation is 1. The van der Waals surface area contributed by atoms with Crippen LogP contribution in [0, 0.1) is 0 Å². The Bertz CT molecular complexity index is 735. The van der Waals surface area contributed by atoms with Gasteiger partial charge in [0.25, 0.3) is 10.1 Å². The maximum atomic E-state index is 11.8. The lowest BCUT2D eigenvalue weighted by atomic mass is 10.0. The molecule has 0 aromatic heterocycles. The molecule has 0 saturated heterocycles. The van der Waals surface area contributed by atoms with E-state index in [9.17, 15) is 13.0 Å². The van der Waals surface area contributed by atoms with Crippen LogP contribution < -0.4 is 0 Å². The van der Waals surface area contributed by atoms with Gasteiger partial charge in [-0.1, -0.05) is 81.8 Å². The van der Waals surface area contributed by atoms with Crippen molar-refractivity contribution in [2.24, 2.45) is 0 Å². The molecule has 0 spiro atoms. The minimum Gasteiger partial charge on any atom is -0.282 e. The molecule has 0 saturated carbocycles. The minimum absolute atomic E-state index is 0.0848. The lowest BCUT2D eigenvalue weighted by Gasteiger charge is -2.11. The molecule has 0 radical (unpaired) electrons. The summed E-state index contributed by atoms with van der Waals surface area (Å²) in [5.74, 6) is 0. The molecule has 0 fully saturated rings. The van der Waals surface area contributed by atoms with Gasteiger partial charge in [0.05, 0.1) is 0 Å². The van der Waals surface area contributed by atoms with Crippen molar-refractivity contribution in [1.29, 1.82) is 0 Å². The highest BCUT2D eigenvalue weighted by Gasteiger charge is 2.18. The van der Waals surface area contributed by atoms with Crippen LogP contribution in [0.3, 0.4) is 0 Å². The number of hydrogen-bond donors (Lipinski definition) is 1. The van der Waals surface area contributed by atoms with Gasteiger partial charge in [0, 0.05) is 5.39 Å². The molecule has 0 aliphatic rings. The molecule has 0 amide bonds. The largest absolute Gasteiger partial charge is 0.295 e. The standard InChI is InChI=1S/C19H26O3S/c1-2-3-4-5-6-7-8-12-17-15-14-16-11-9-10-13-18(16)19(17)23(20,21)22/h9-11,13-15H,2-8,12H2,1H3,(H,20,21,22). The van der Waals surface area contributed by atoms with Crippen LogP contribution in [0.15, 0.2) is 41.3 Å². The monoisotopic (exact) mass is 334 g/mol. The lowest BCUT2D eigenvalue weighted by Crippen LogP contribution is -2.04. The third-order valence-electron chi connectivity index (χ3n) is 4.27. The predicted octanol–water partition coefficient (Wildman–Crippen LogP) is 5.38. The predicted molar refractivity (Wildman–Crippen MR) is 95.5 cm³/mol. The van der Waals surface area contributed by atoms with Crippen LogP contribution in [0.5, 0.6) is 0 Å². The van der Waals surface area contributed by atoms with Gasteiger partial charge in [0.2, 0.25) is 0 Å². The summed E-state index contributed by atoms with van der Waals surface area (Å²) in [5.41, 5.74) is 0.722. The Morgan fingerprint density at radius 2 is 1.52 bits per heavy atom. The van der Waals surface area contributed by atoms with Gasteiger partial charge in [0.1, 0.15) is 4.90 Å². The van der Waals surface area contributed by atoms with Crippen LogP contribution in [0.25, 0.3) is 10.8 Å². The molecule has 0 heterocycles. The highest BCUT2D eigenvalue weighted by atomic mass is 32.2. The summed E-state index contributed by atoms with van der Waals surface area (Å²) in [6, 6.07) is 11.1. The number of unbranched alkanes of at least 4 members (excludes halogenated alkanes) is 6. The SMILES string of the molecule is CCCCCCCCCc1ccc2ccccc2c1S(=O)(=O)O. The Morgan fingerprint density at radius 3 is 2.22 bits per heavy atom. The topological polar surface area (TPSA) is 54.4 Å². The molecule has 0 bridgehead atoms. The van der Waals surface area contributed by atoms with Gasteiger partial charge in [-0.15, -0.1) is 0 Å². The number of hydrogen-bond acceptors (Lipinski definition) is 2. The second-order valence-electron chi connectivity index (χ2n) is 6.12. The number of rotatable bonds is 9. The Kier molecular flexibility index (Phi) is 6.60. The summed E-state index contributed by atoms with van der Waals surface area (Å²) in [7, 11) is -4.21. The molecule has 0 aliphatic heterocycles. The van der Waals surface area contributed by atoms with Crippen LogP contribution in [-0.2, 0) is 16.5 Å². The van der Waals surface area contributed by atoms with E-state index in [1.807, 2.05) is 24.3 Å². The van der Waals surface area contributed by atoms with Crippen molar-refractivity contribution in [1.82, 2.24) is 0 Å². The van der Waals surface area contributed by atoms with Gasteiger partial charge in [-0.25, -0.2) is 0 Å². The molecule has 2 rings (SSSR count). The van der Waals surface area contributed by atoms with E-state index in [0.717, 1.165) is 23.8 Å². The van der Waals surface area contributed by atoms with E-state index in [1.54, 1.807) is 12.1 Å². The zero-order valence-electron chi connectivity index (χ0n) is 13.8. The van der Waals surface area contributed by atoms with Gasteiger partial charge in [-0.05, 0) is 23.8 Å². The molecule has 2 aromatic carbocycles. The van der Waals surface area contributed by atoms with Crippen LogP contribution in [0.4, 0.5) is 0 Å². The zero-order chi connectivity index (χ0) is 16.7. The molecule has 0 aliphatic carbocycles. The maximum Gasteiger partial charge on any atom is 0.295 e. The molecular weight excluding hydrogens is 308 g/mol. The van der Waals surface area contributed by atoms with E-state index in [2.05, 4.69) is 6.92 Å². The van der Waals surface area contributed by atoms with Crippen LogP contribution in [0.2, 0.25) is 0 Å². The van der Waals surface area contributed by atoms with Crippen molar-refractivity contribution in [2.75, 3.05) is 0 Å². The van der Waals surface area contributed by atoms with E-state index in [4.69, 9.17) is 0 Å². The van der Waals surface area contributed by atoms with E-state index < -0.39 is 10.1 Å². The Morgan fingerprint density at radius 1 is 0.870 bits per heavy atom. The molecular formula is C19H26O3S. The first-order valence-electron chi connectivity index (χ1n) is 8.52. The second-order valence-corrected chi connectivity index (χ2v) is 7.48. The average Bonchev–Trinajstić information content (AvgIpc) is 2.52. The van der Waals surface area contributed by atoms with Crippen molar-refractivity contribution in [2.45, 2.75) is 63.2 Å². The Labute approximate surface area is 139 Å². The first-order chi connectivity index (χ1) is 11.0. The fraction of sp³-hybridized carbons (Fsp3) is 0.474. The molecule has 4 heteroatoms. The van der Waals surface area contributed by atoms with Crippen LogP contribution in [-0.4, -0.2) is 13.0 Å². The highest BCUT2D eigenvalue weighted by molar-refractivity contribution is 7.86. The lowest BCUT2D eigenvalue weighted by molar-refractivity contribution is 0.482. The molecule has 2 aromatic rings. The summed E-state index contributed by atoms with van der Waals surface area (Å²) < 4.78 is 33.3.